The first-order valence-corrected chi connectivity index (χ1v) is 10.7. The topological polar surface area (TPSA) is 38.3 Å². The summed E-state index contributed by atoms with van der Waals surface area (Å²) in [5.74, 6) is -0.304. The van der Waals surface area contributed by atoms with Gasteiger partial charge in [0.15, 0.2) is 0 Å². The highest BCUT2D eigenvalue weighted by atomic mass is 16.5. The van der Waals surface area contributed by atoms with Crippen LogP contribution in [0.1, 0.15) is 67.6 Å². The Hall–Kier alpha value is -2.81. The highest BCUT2D eigenvalue weighted by molar-refractivity contribution is 5.95. The number of fused-ring (bicyclic) bond motifs is 2. The number of methoxy groups -OCH3 is 1. The first-order chi connectivity index (χ1) is 14.2. The van der Waals surface area contributed by atoms with Gasteiger partial charge in [0.25, 0.3) is 0 Å². The third-order valence-electron chi connectivity index (χ3n) is 6.68. The molecule has 0 amide bonds. The van der Waals surface area contributed by atoms with Crippen molar-refractivity contribution in [3.05, 3.63) is 76.9 Å². The second-order valence-corrected chi connectivity index (χ2v) is 9.77. The lowest BCUT2D eigenvalue weighted by atomic mass is 9.63. The van der Waals surface area contributed by atoms with Crippen molar-refractivity contribution < 1.29 is 9.53 Å². The summed E-state index contributed by atoms with van der Waals surface area (Å²) >= 11 is 0. The van der Waals surface area contributed by atoms with Gasteiger partial charge in [0.1, 0.15) is 0 Å². The SMILES string of the molecule is COC(=O)c1ccc2cc(CNc3ccc4c(c3)C(C)(C)CCC4(C)C)ccc2c1. The second-order valence-electron chi connectivity index (χ2n) is 9.77. The molecular weight excluding hydrogens is 370 g/mol. The smallest absolute Gasteiger partial charge is 0.337 e. The van der Waals surface area contributed by atoms with E-state index in [4.69, 9.17) is 4.74 Å². The number of rotatable bonds is 4. The van der Waals surface area contributed by atoms with Crippen LogP contribution in [0.25, 0.3) is 10.8 Å². The molecule has 1 aliphatic rings. The van der Waals surface area contributed by atoms with Gasteiger partial charge in [-0.25, -0.2) is 4.79 Å². The molecule has 3 heteroatoms. The van der Waals surface area contributed by atoms with E-state index < -0.39 is 0 Å². The molecule has 1 N–H and O–H groups in total. The van der Waals surface area contributed by atoms with Crippen LogP contribution in [-0.2, 0) is 22.1 Å². The van der Waals surface area contributed by atoms with E-state index in [0.717, 1.165) is 17.3 Å². The zero-order valence-electron chi connectivity index (χ0n) is 18.6. The van der Waals surface area contributed by atoms with Crippen molar-refractivity contribution in [2.45, 2.75) is 57.9 Å². The van der Waals surface area contributed by atoms with Crippen LogP contribution in [0.4, 0.5) is 5.69 Å². The molecule has 30 heavy (non-hydrogen) atoms. The third kappa shape index (κ3) is 3.81. The van der Waals surface area contributed by atoms with Crippen LogP contribution in [0.5, 0.6) is 0 Å². The van der Waals surface area contributed by atoms with Gasteiger partial charge in [-0.3, -0.25) is 0 Å². The highest BCUT2D eigenvalue weighted by Gasteiger charge is 2.36. The van der Waals surface area contributed by atoms with E-state index in [9.17, 15) is 4.79 Å². The van der Waals surface area contributed by atoms with E-state index in [0.29, 0.717) is 5.56 Å². The van der Waals surface area contributed by atoms with Crippen molar-refractivity contribution in [1.82, 2.24) is 0 Å². The number of ether oxygens (including phenoxy) is 1. The van der Waals surface area contributed by atoms with E-state index in [2.05, 4.69) is 69.4 Å². The van der Waals surface area contributed by atoms with Crippen LogP contribution in [0.2, 0.25) is 0 Å². The van der Waals surface area contributed by atoms with Crippen LogP contribution in [-0.4, -0.2) is 13.1 Å². The number of benzene rings is 3. The maximum absolute atomic E-state index is 11.7. The first-order valence-electron chi connectivity index (χ1n) is 10.7. The fraction of sp³-hybridized carbons (Fsp3) is 0.370. The zero-order valence-corrected chi connectivity index (χ0v) is 18.6. The van der Waals surface area contributed by atoms with Gasteiger partial charge >= 0.3 is 5.97 Å². The Labute approximate surface area is 179 Å². The molecule has 0 saturated heterocycles. The predicted octanol–water partition coefficient (Wildman–Crippen LogP) is 6.59. The Kier molecular flexibility index (Phi) is 5.09. The lowest BCUT2D eigenvalue weighted by Crippen LogP contribution is -2.33. The number of nitrogens with one attached hydrogen (secondary N) is 1. The maximum atomic E-state index is 11.7. The third-order valence-corrected chi connectivity index (χ3v) is 6.68. The summed E-state index contributed by atoms with van der Waals surface area (Å²) in [7, 11) is 1.41. The fourth-order valence-corrected chi connectivity index (χ4v) is 4.55. The second kappa shape index (κ2) is 7.46. The molecule has 1 aliphatic carbocycles. The summed E-state index contributed by atoms with van der Waals surface area (Å²) in [5, 5.41) is 5.77. The molecule has 0 bridgehead atoms. The van der Waals surface area contributed by atoms with Crippen molar-refractivity contribution in [2.24, 2.45) is 0 Å². The van der Waals surface area contributed by atoms with Gasteiger partial charge in [-0.1, -0.05) is 52.0 Å². The molecule has 0 unspecified atom stereocenters. The molecule has 0 aromatic heterocycles. The lowest BCUT2D eigenvalue weighted by molar-refractivity contribution is 0.0601. The average molecular weight is 402 g/mol. The molecule has 3 nitrogen and oxygen atoms in total. The van der Waals surface area contributed by atoms with E-state index in [1.165, 1.54) is 42.3 Å². The molecule has 0 spiro atoms. The van der Waals surface area contributed by atoms with Crippen molar-refractivity contribution in [1.29, 1.82) is 0 Å². The number of carbonyl (C=O) groups is 1. The van der Waals surface area contributed by atoms with Gasteiger partial charge in [0.05, 0.1) is 12.7 Å². The summed E-state index contributed by atoms with van der Waals surface area (Å²) in [6.07, 6.45) is 2.45. The van der Waals surface area contributed by atoms with E-state index in [-0.39, 0.29) is 16.8 Å². The van der Waals surface area contributed by atoms with Crippen LogP contribution >= 0.6 is 0 Å². The molecule has 0 fully saturated rings. The lowest BCUT2D eigenvalue weighted by Gasteiger charge is -2.42. The molecule has 0 saturated carbocycles. The van der Waals surface area contributed by atoms with Gasteiger partial charge in [0, 0.05) is 12.2 Å². The molecular formula is C27H31NO2. The average Bonchev–Trinajstić information content (AvgIpc) is 2.74. The Bertz CT molecular complexity index is 1110. The number of anilines is 1. The number of hydrogen-bond acceptors (Lipinski definition) is 3. The van der Waals surface area contributed by atoms with Crippen molar-refractivity contribution >= 4 is 22.4 Å². The van der Waals surface area contributed by atoms with Gasteiger partial charge in [0.2, 0.25) is 0 Å². The summed E-state index contributed by atoms with van der Waals surface area (Å²) in [5.41, 5.74) is 6.36. The molecule has 0 heterocycles. The zero-order chi connectivity index (χ0) is 21.5. The molecule has 156 valence electrons. The van der Waals surface area contributed by atoms with Crippen LogP contribution in [0, 0.1) is 0 Å². The minimum atomic E-state index is -0.304. The number of carbonyl (C=O) groups excluding carboxylic acids is 1. The Morgan fingerprint density at radius 3 is 2.27 bits per heavy atom. The molecule has 4 rings (SSSR count). The van der Waals surface area contributed by atoms with Gasteiger partial charge in [-0.05, 0) is 81.5 Å². The molecule has 0 atom stereocenters. The minimum absolute atomic E-state index is 0.211. The van der Waals surface area contributed by atoms with Crippen molar-refractivity contribution in [3.8, 4) is 0 Å². The van der Waals surface area contributed by atoms with Crippen LogP contribution in [0.15, 0.2) is 54.6 Å². The fourth-order valence-electron chi connectivity index (χ4n) is 4.55. The normalized spacial score (nSPS) is 16.7. The predicted molar refractivity (Wildman–Crippen MR) is 124 cm³/mol. The highest BCUT2D eigenvalue weighted by Crippen LogP contribution is 2.46. The Balaban J connectivity index is 1.55. The molecule has 3 aromatic carbocycles. The minimum Gasteiger partial charge on any atom is -0.465 e. The molecule has 3 aromatic rings. The molecule has 0 aliphatic heterocycles. The quantitative estimate of drug-likeness (QED) is 0.501. The first kappa shape index (κ1) is 20.5. The van der Waals surface area contributed by atoms with Crippen LogP contribution in [0.3, 0.4) is 0 Å². The number of hydrogen-bond donors (Lipinski definition) is 1. The van der Waals surface area contributed by atoms with Gasteiger partial charge in [-0.2, -0.15) is 0 Å². The summed E-state index contributed by atoms with van der Waals surface area (Å²) in [6, 6.07) is 18.9. The van der Waals surface area contributed by atoms with E-state index in [1.54, 1.807) is 0 Å². The largest absolute Gasteiger partial charge is 0.465 e. The summed E-state index contributed by atoms with van der Waals surface area (Å²) in [4.78, 5) is 11.7. The van der Waals surface area contributed by atoms with Crippen LogP contribution < -0.4 is 5.32 Å². The van der Waals surface area contributed by atoms with E-state index >= 15 is 0 Å². The Morgan fingerprint density at radius 1 is 0.867 bits per heavy atom. The summed E-state index contributed by atoms with van der Waals surface area (Å²) in [6.45, 7) is 10.2. The van der Waals surface area contributed by atoms with Crippen molar-refractivity contribution in [2.75, 3.05) is 12.4 Å². The standard InChI is InChI=1S/C27H31NO2/c1-26(2)12-13-27(3,4)24-16-22(10-11-23(24)26)28-17-18-6-7-20-15-21(25(29)30-5)9-8-19(20)14-18/h6-11,14-16,28H,12-13,17H2,1-5H3. The summed E-state index contributed by atoms with van der Waals surface area (Å²) < 4.78 is 4.81. The molecule has 0 radical (unpaired) electrons. The number of esters is 1. The van der Waals surface area contributed by atoms with Gasteiger partial charge in [-0.15, -0.1) is 0 Å². The van der Waals surface area contributed by atoms with Gasteiger partial charge < -0.3 is 10.1 Å². The van der Waals surface area contributed by atoms with E-state index in [1.807, 2.05) is 18.2 Å². The van der Waals surface area contributed by atoms with Crippen molar-refractivity contribution in [3.63, 3.8) is 0 Å². The monoisotopic (exact) mass is 401 g/mol. The Morgan fingerprint density at radius 2 is 1.53 bits per heavy atom. The maximum Gasteiger partial charge on any atom is 0.337 e.